The summed E-state index contributed by atoms with van der Waals surface area (Å²) in [6.45, 7) is 0. The van der Waals surface area contributed by atoms with E-state index >= 15 is 0 Å². The van der Waals surface area contributed by atoms with Crippen molar-refractivity contribution in [2.45, 2.75) is 12.5 Å². The van der Waals surface area contributed by atoms with Gasteiger partial charge in [0.15, 0.2) is 0 Å². The van der Waals surface area contributed by atoms with Gasteiger partial charge in [-0.1, -0.05) is 70.5 Å². The summed E-state index contributed by atoms with van der Waals surface area (Å²) in [5.41, 5.74) is 0. The van der Waals surface area contributed by atoms with Crippen molar-refractivity contribution >= 4 is 24.7 Å². The van der Waals surface area contributed by atoms with Gasteiger partial charge in [0.05, 0.1) is 6.04 Å². The van der Waals surface area contributed by atoms with Crippen LogP contribution in [0.4, 0.5) is 0 Å². The highest BCUT2D eigenvalue weighted by Gasteiger charge is 2.48. The lowest BCUT2D eigenvalue weighted by Gasteiger charge is -2.30. The van der Waals surface area contributed by atoms with Crippen LogP contribution in [0, 0.1) is 0 Å². The summed E-state index contributed by atoms with van der Waals surface area (Å²) >= 11 is 3.51. The van der Waals surface area contributed by atoms with E-state index in [2.05, 4.69) is 15.9 Å². The van der Waals surface area contributed by atoms with E-state index in [1.54, 1.807) is 0 Å². The third-order valence-electron chi connectivity index (χ3n) is 3.67. The van der Waals surface area contributed by atoms with Gasteiger partial charge in [0.2, 0.25) is 0 Å². The van der Waals surface area contributed by atoms with Crippen LogP contribution < -0.4 is 13.3 Å². The molecule has 3 aromatic rings. The van der Waals surface area contributed by atoms with Gasteiger partial charge in [-0.15, -0.1) is 0 Å². The van der Waals surface area contributed by atoms with Crippen molar-refractivity contribution in [1.82, 2.24) is 0 Å². The summed E-state index contributed by atoms with van der Waals surface area (Å²) in [6.07, 6.45) is 0.888. The number of benzene rings is 3. The van der Waals surface area contributed by atoms with Crippen LogP contribution in [0.15, 0.2) is 91.0 Å². The van der Waals surface area contributed by atoms with Gasteiger partial charge < -0.3 is 13.3 Å². The summed E-state index contributed by atoms with van der Waals surface area (Å²) < 4.78 is 19.2. The molecular weight excluding hydrogens is 408 g/mol. The molecule has 0 unspecified atom stereocenters. The van der Waals surface area contributed by atoms with Crippen LogP contribution in [0.3, 0.4) is 0 Å². The Morgan fingerprint density at radius 3 is 1.23 bits per heavy atom. The molecule has 0 saturated carbocycles. The molecule has 0 amide bonds. The van der Waals surface area contributed by atoms with Crippen molar-refractivity contribution in [1.29, 1.82) is 0 Å². The summed E-state index contributed by atoms with van der Waals surface area (Å²) in [7, 11) is -3.07. The van der Waals surface area contributed by atoms with Crippen LogP contribution in [0.2, 0.25) is 6.04 Å². The standard InChI is InChI=1S/C21H21BrO3Si/c22-17-10-18-26(23-19-11-4-1-5-12-19,24-20-13-6-2-7-14-20)25-21-15-8-3-9-16-21/h1-9,11-16H,10,17-18H2. The van der Waals surface area contributed by atoms with E-state index < -0.39 is 8.80 Å². The Morgan fingerprint density at radius 1 is 0.577 bits per heavy atom. The molecule has 0 saturated heterocycles. The minimum atomic E-state index is -3.07. The Labute approximate surface area is 164 Å². The van der Waals surface area contributed by atoms with E-state index in [4.69, 9.17) is 13.3 Å². The smallest absolute Gasteiger partial charge is 0.483 e. The van der Waals surface area contributed by atoms with Gasteiger partial charge in [-0.05, 0) is 42.8 Å². The van der Waals surface area contributed by atoms with E-state index in [0.717, 1.165) is 29.0 Å². The van der Waals surface area contributed by atoms with Crippen LogP contribution in [-0.4, -0.2) is 14.1 Å². The minimum Gasteiger partial charge on any atom is -0.483 e. The molecule has 134 valence electrons. The van der Waals surface area contributed by atoms with Crippen molar-refractivity contribution in [2.75, 3.05) is 5.33 Å². The highest BCUT2D eigenvalue weighted by atomic mass is 79.9. The second-order valence-corrected chi connectivity index (χ2v) is 8.99. The maximum atomic E-state index is 6.39. The maximum Gasteiger partial charge on any atom is 0.699 e. The molecule has 3 aromatic carbocycles. The van der Waals surface area contributed by atoms with E-state index in [0.29, 0.717) is 6.04 Å². The number of rotatable bonds is 9. The molecule has 0 fully saturated rings. The van der Waals surface area contributed by atoms with Crippen LogP contribution in [0.25, 0.3) is 0 Å². The Balaban J connectivity index is 1.94. The number of para-hydroxylation sites is 3. The monoisotopic (exact) mass is 428 g/mol. The molecule has 5 heteroatoms. The fourth-order valence-electron chi connectivity index (χ4n) is 2.50. The molecule has 0 radical (unpaired) electrons. The SMILES string of the molecule is BrCCC[Si](Oc1ccccc1)(Oc1ccccc1)Oc1ccccc1. The molecule has 0 aliphatic rings. The van der Waals surface area contributed by atoms with E-state index in [-0.39, 0.29) is 0 Å². The molecule has 0 aliphatic heterocycles. The van der Waals surface area contributed by atoms with Gasteiger partial charge in [0.1, 0.15) is 17.2 Å². The van der Waals surface area contributed by atoms with Gasteiger partial charge in [0, 0.05) is 5.33 Å². The quantitative estimate of drug-likeness (QED) is 0.311. The molecular formula is C21H21BrO3Si. The summed E-state index contributed by atoms with van der Waals surface area (Å²) in [6, 6.07) is 29.8. The first kappa shape index (κ1) is 18.5. The Bertz CT molecular complexity index is 668. The van der Waals surface area contributed by atoms with Crippen LogP contribution in [0.1, 0.15) is 6.42 Å². The fourth-order valence-corrected chi connectivity index (χ4v) is 5.83. The highest BCUT2D eigenvalue weighted by Crippen LogP contribution is 2.27. The molecule has 26 heavy (non-hydrogen) atoms. The second kappa shape index (κ2) is 9.45. The number of alkyl halides is 1. The zero-order valence-electron chi connectivity index (χ0n) is 14.4. The molecule has 0 spiro atoms. The zero-order valence-corrected chi connectivity index (χ0v) is 17.0. The van der Waals surface area contributed by atoms with Crippen molar-refractivity contribution in [3.8, 4) is 17.2 Å². The van der Waals surface area contributed by atoms with Gasteiger partial charge in [0.25, 0.3) is 0 Å². The van der Waals surface area contributed by atoms with Crippen LogP contribution in [-0.2, 0) is 0 Å². The highest BCUT2D eigenvalue weighted by molar-refractivity contribution is 9.09. The first-order chi connectivity index (χ1) is 12.8. The minimum absolute atomic E-state index is 0.691. The molecule has 0 aliphatic carbocycles. The molecule has 0 atom stereocenters. The predicted octanol–water partition coefficient (Wildman–Crippen LogP) is 5.95. The first-order valence-corrected chi connectivity index (χ1v) is 11.6. The van der Waals surface area contributed by atoms with Crippen molar-refractivity contribution in [3.05, 3.63) is 91.0 Å². The largest absolute Gasteiger partial charge is 0.699 e. The van der Waals surface area contributed by atoms with Gasteiger partial charge in [-0.2, -0.15) is 0 Å². The van der Waals surface area contributed by atoms with Crippen LogP contribution in [0.5, 0.6) is 17.2 Å². The molecule has 0 heterocycles. The molecule has 3 rings (SSSR count). The normalized spacial score (nSPS) is 11.0. The van der Waals surface area contributed by atoms with Crippen molar-refractivity contribution < 1.29 is 13.3 Å². The zero-order chi connectivity index (χ0) is 18.1. The Hall–Kier alpha value is -2.24. The maximum absolute atomic E-state index is 6.39. The molecule has 0 N–H and O–H groups in total. The topological polar surface area (TPSA) is 27.7 Å². The average molecular weight is 429 g/mol. The average Bonchev–Trinajstić information content (AvgIpc) is 2.69. The fraction of sp³-hybridized carbons (Fsp3) is 0.143. The van der Waals surface area contributed by atoms with Crippen LogP contribution >= 0.6 is 15.9 Å². The van der Waals surface area contributed by atoms with E-state index in [1.165, 1.54) is 0 Å². The second-order valence-electron chi connectivity index (χ2n) is 5.72. The summed E-state index contributed by atoms with van der Waals surface area (Å²) in [4.78, 5) is 0. The Morgan fingerprint density at radius 2 is 0.923 bits per heavy atom. The predicted molar refractivity (Wildman–Crippen MR) is 110 cm³/mol. The third kappa shape index (κ3) is 5.38. The van der Waals surface area contributed by atoms with Crippen molar-refractivity contribution in [3.63, 3.8) is 0 Å². The number of hydrogen-bond donors (Lipinski definition) is 0. The number of halogens is 1. The van der Waals surface area contributed by atoms with Gasteiger partial charge in [-0.25, -0.2) is 0 Å². The molecule has 0 bridgehead atoms. The summed E-state index contributed by atoms with van der Waals surface area (Å²) in [5, 5.41) is 0.857. The molecule has 3 nitrogen and oxygen atoms in total. The first-order valence-electron chi connectivity index (χ1n) is 8.58. The van der Waals surface area contributed by atoms with Gasteiger partial charge >= 0.3 is 8.80 Å². The van der Waals surface area contributed by atoms with E-state index in [9.17, 15) is 0 Å². The lowest BCUT2D eigenvalue weighted by molar-refractivity contribution is 0.260. The van der Waals surface area contributed by atoms with Crippen molar-refractivity contribution in [2.24, 2.45) is 0 Å². The lowest BCUT2D eigenvalue weighted by atomic mass is 10.3. The number of hydrogen-bond acceptors (Lipinski definition) is 3. The molecule has 0 aromatic heterocycles. The van der Waals surface area contributed by atoms with Gasteiger partial charge in [-0.3, -0.25) is 0 Å². The lowest BCUT2D eigenvalue weighted by Crippen LogP contribution is -2.54. The Kier molecular flexibility index (Phi) is 6.74. The third-order valence-corrected chi connectivity index (χ3v) is 6.83. The summed E-state index contributed by atoms with van der Waals surface area (Å²) in [5.74, 6) is 2.25. The van der Waals surface area contributed by atoms with E-state index in [1.807, 2.05) is 91.0 Å².